The lowest BCUT2D eigenvalue weighted by Gasteiger charge is -2.17. The van der Waals surface area contributed by atoms with Crippen LogP contribution in [0.4, 0.5) is 0 Å². The van der Waals surface area contributed by atoms with E-state index in [1.54, 1.807) is 0 Å². The van der Waals surface area contributed by atoms with Gasteiger partial charge in [-0.2, -0.15) is 0 Å². The van der Waals surface area contributed by atoms with Gasteiger partial charge in [0.25, 0.3) is 0 Å². The van der Waals surface area contributed by atoms with Crippen molar-refractivity contribution in [1.82, 2.24) is 10.6 Å². The molecule has 1 unspecified atom stereocenters. The molecule has 14 heavy (non-hydrogen) atoms. The summed E-state index contributed by atoms with van der Waals surface area (Å²) in [6.45, 7) is 3.14. The smallest absolute Gasteiger partial charge is 0.237 e. The molecule has 0 aromatic heterocycles. The van der Waals surface area contributed by atoms with Gasteiger partial charge in [0.2, 0.25) is 5.91 Å². The van der Waals surface area contributed by atoms with Gasteiger partial charge in [0.05, 0.1) is 6.04 Å². The number of nitrogens with one attached hydrogen (secondary N) is 2. The standard InChI is InChI=1S/C10H21N3O/c1-8(12-7-6-11)10(14)13-9-4-2-3-5-9/h8-9,12H,2-7,11H2,1H3,(H,13,14). The average Bonchev–Trinajstić information content (AvgIpc) is 2.66. The third-order valence-electron chi connectivity index (χ3n) is 2.69. The van der Waals surface area contributed by atoms with Crippen molar-refractivity contribution < 1.29 is 4.79 Å². The zero-order chi connectivity index (χ0) is 10.4. The summed E-state index contributed by atoms with van der Waals surface area (Å²) in [5.74, 6) is 0.102. The van der Waals surface area contributed by atoms with Crippen molar-refractivity contribution >= 4 is 5.91 Å². The second-order valence-electron chi connectivity index (χ2n) is 3.95. The zero-order valence-electron chi connectivity index (χ0n) is 8.88. The van der Waals surface area contributed by atoms with E-state index in [2.05, 4.69) is 10.6 Å². The number of hydrogen-bond donors (Lipinski definition) is 3. The molecule has 1 rings (SSSR count). The Hall–Kier alpha value is -0.610. The second kappa shape index (κ2) is 5.98. The van der Waals surface area contributed by atoms with Crippen LogP contribution < -0.4 is 16.4 Å². The van der Waals surface area contributed by atoms with E-state index in [1.807, 2.05) is 6.92 Å². The Morgan fingerprint density at radius 3 is 2.71 bits per heavy atom. The molecule has 0 aromatic carbocycles. The fourth-order valence-electron chi connectivity index (χ4n) is 1.79. The van der Waals surface area contributed by atoms with Gasteiger partial charge in [-0.15, -0.1) is 0 Å². The van der Waals surface area contributed by atoms with Crippen molar-refractivity contribution in [2.24, 2.45) is 5.73 Å². The van der Waals surface area contributed by atoms with Gasteiger partial charge in [-0.25, -0.2) is 0 Å². The Morgan fingerprint density at radius 2 is 2.14 bits per heavy atom. The van der Waals surface area contributed by atoms with Crippen molar-refractivity contribution in [3.05, 3.63) is 0 Å². The first-order chi connectivity index (χ1) is 6.74. The molecule has 0 radical (unpaired) electrons. The van der Waals surface area contributed by atoms with E-state index < -0.39 is 0 Å². The van der Waals surface area contributed by atoms with Crippen LogP contribution in [-0.2, 0) is 4.79 Å². The minimum Gasteiger partial charge on any atom is -0.352 e. The summed E-state index contributed by atoms with van der Waals surface area (Å²) in [4.78, 5) is 11.6. The molecule has 0 bridgehead atoms. The number of hydrogen-bond acceptors (Lipinski definition) is 3. The van der Waals surface area contributed by atoms with Crippen molar-refractivity contribution in [1.29, 1.82) is 0 Å². The predicted molar refractivity (Wildman–Crippen MR) is 56.9 cm³/mol. The van der Waals surface area contributed by atoms with Gasteiger partial charge in [0.1, 0.15) is 0 Å². The lowest BCUT2D eigenvalue weighted by atomic mass is 10.2. The van der Waals surface area contributed by atoms with Crippen LogP contribution in [0.3, 0.4) is 0 Å². The molecular formula is C10H21N3O. The summed E-state index contributed by atoms with van der Waals surface area (Å²) in [7, 11) is 0. The first kappa shape index (κ1) is 11.5. The fraction of sp³-hybridized carbons (Fsp3) is 0.900. The predicted octanol–water partition coefficient (Wildman–Crippen LogP) is -0.0180. The highest BCUT2D eigenvalue weighted by molar-refractivity contribution is 5.81. The summed E-state index contributed by atoms with van der Waals surface area (Å²) in [5.41, 5.74) is 5.35. The number of nitrogens with two attached hydrogens (primary N) is 1. The van der Waals surface area contributed by atoms with E-state index >= 15 is 0 Å². The number of rotatable bonds is 5. The summed E-state index contributed by atoms with van der Waals surface area (Å²) in [6, 6.07) is 0.281. The third kappa shape index (κ3) is 3.64. The van der Waals surface area contributed by atoms with E-state index in [4.69, 9.17) is 5.73 Å². The summed E-state index contributed by atoms with van der Waals surface area (Å²) < 4.78 is 0. The van der Waals surface area contributed by atoms with Gasteiger partial charge in [-0.3, -0.25) is 4.79 Å². The highest BCUT2D eigenvalue weighted by Crippen LogP contribution is 2.17. The molecule has 4 N–H and O–H groups in total. The largest absolute Gasteiger partial charge is 0.352 e. The monoisotopic (exact) mass is 199 g/mol. The highest BCUT2D eigenvalue weighted by Gasteiger charge is 2.19. The van der Waals surface area contributed by atoms with Gasteiger partial charge in [-0.1, -0.05) is 12.8 Å². The molecule has 0 aromatic rings. The average molecular weight is 199 g/mol. The number of carbonyl (C=O) groups is 1. The van der Waals surface area contributed by atoms with Gasteiger partial charge in [0.15, 0.2) is 0 Å². The molecule has 1 saturated carbocycles. The normalized spacial score (nSPS) is 19.6. The molecule has 4 nitrogen and oxygen atoms in total. The Labute approximate surface area is 85.6 Å². The molecule has 1 fully saturated rings. The molecule has 1 aliphatic carbocycles. The maximum atomic E-state index is 11.6. The molecule has 1 atom stereocenters. The van der Waals surface area contributed by atoms with E-state index in [0.717, 1.165) is 12.8 Å². The van der Waals surface area contributed by atoms with E-state index in [1.165, 1.54) is 12.8 Å². The molecule has 82 valence electrons. The molecule has 0 spiro atoms. The Balaban J connectivity index is 2.18. The lowest BCUT2D eigenvalue weighted by Crippen LogP contribution is -2.46. The topological polar surface area (TPSA) is 67.1 Å². The van der Waals surface area contributed by atoms with Crippen LogP contribution in [0.1, 0.15) is 32.6 Å². The van der Waals surface area contributed by atoms with Crippen LogP contribution in [0, 0.1) is 0 Å². The van der Waals surface area contributed by atoms with E-state index in [0.29, 0.717) is 19.1 Å². The van der Waals surface area contributed by atoms with Gasteiger partial charge < -0.3 is 16.4 Å². The molecule has 0 saturated heterocycles. The van der Waals surface area contributed by atoms with Gasteiger partial charge in [0, 0.05) is 19.1 Å². The lowest BCUT2D eigenvalue weighted by molar-refractivity contribution is -0.123. The third-order valence-corrected chi connectivity index (χ3v) is 2.69. The molecule has 0 aliphatic heterocycles. The molecule has 1 amide bonds. The maximum absolute atomic E-state index is 11.6. The van der Waals surface area contributed by atoms with Crippen molar-refractivity contribution in [2.45, 2.75) is 44.7 Å². The zero-order valence-corrected chi connectivity index (χ0v) is 8.88. The Morgan fingerprint density at radius 1 is 1.50 bits per heavy atom. The molecule has 1 aliphatic rings. The first-order valence-corrected chi connectivity index (χ1v) is 5.48. The summed E-state index contributed by atoms with van der Waals surface area (Å²) in [6.07, 6.45) is 4.76. The molecular weight excluding hydrogens is 178 g/mol. The van der Waals surface area contributed by atoms with Crippen molar-refractivity contribution in [2.75, 3.05) is 13.1 Å². The van der Waals surface area contributed by atoms with Crippen LogP contribution >= 0.6 is 0 Å². The SMILES string of the molecule is CC(NCCN)C(=O)NC1CCCC1. The fourth-order valence-corrected chi connectivity index (χ4v) is 1.79. The van der Waals surface area contributed by atoms with Gasteiger partial charge >= 0.3 is 0 Å². The van der Waals surface area contributed by atoms with E-state index in [-0.39, 0.29) is 11.9 Å². The highest BCUT2D eigenvalue weighted by atomic mass is 16.2. The first-order valence-electron chi connectivity index (χ1n) is 5.48. The Bertz CT molecular complexity index is 178. The number of carbonyl (C=O) groups excluding carboxylic acids is 1. The molecule has 4 heteroatoms. The van der Waals surface area contributed by atoms with Crippen molar-refractivity contribution in [3.63, 3.8) is 0 Å². The second-order valence-corrected chi connectivity index (χ2v) is 3.95. The minimum atomic E-state index is -0.126. The molecule has 0 heterocycles. The van der Waals surface area contributed by atoms with Crippen LogP contribution in [0.5, 0.6) is 0 Å². The van der Waals surface area contributed by atoms with Crippen LogP contribution in [0.25, 0.3) is 0 Å². The summed E-state index contributed by atoms with van der Waals surface area (Å²) in [5, 5.41) is 6.11. The van der Waals surface area contributed by atoms with E-state index in [9.17, 15) is 4.79 Å². The Kier molecular flexibility index (Phi) is 4.90. The van der Waals surface area contributed by atoms with Gasteiger partial charge in [-0.05, 0) is 19.8 Å². The minimum absolute atomic E-state index is 0.102. The summed E-state index contributed by atoms with van der Waals surface area (Å²) >= 11 is 0. The maximum Gasteiger partial charge on any atom is 0.237 e. The van der Waals surface area contributed by atoms with Crippen molar-refractivity contribution in [3.8, 4) is 0 Å². The van der Waals surface area contributed by atoms with Crippen LogP contribution in [0.15, 0.2) is 0 Å². The quantitative estimate of drug-likeness (QED) is 0.583. The van der Waals surface area contributed by atoms with Crippen LogP contribution in [0.2, 0.25) is 0 Å². The van der Waals surface area contributed by atoms with Crippen LogP contribution in [-0.4, -0.2) is 31.1 Å². The number of amides is 1.